The van der Waals surface area contributed by atoms with E-state index in [0.29, 0.717) is 0 Å². The Balaban J connectivity index is 1.76. The summed E-state index contributed by atoms with van der Waals surface area (Å²) >= 11 is -0.822. The second-order valence-corrected chi connectivity index (χ2v) is 10.3. The summed E-state index contributed by atoms with van der Waals surface area (Å²) in [6.07, 6.45) is 9.22. The molecular formula is C18H14Hf. The Morgan fingerprint density at radius 2 is 1.79 bits per heavy atom. The molecule has 0 saturated heterocycles. The van der Waals surface area contributed by atoms with Crippen LogP contribution in [0.2, 0.25) is 0 Å². The quantitative estimate of drug-likeness (QED) is 0.566. The van der Waals surface area contributed by atoms with Gasteiger partial charge in [-0.1, -0.05) is 0 Å². The molecule has 0 atom stereocenters. The fourth-order valence-electron chi connectivity index (χ4n) is 2.99. The normalized spacial score (nSPS) is 15.1. The van der Waals surface area contributed by atoms with Gasteiger partial charge in [-0.05, 0) is 0 Å². The van der Waals surface area contributed by atoms with Crippen LogP contribution in [0.15, 0.2) is 64.0 Å². The molecule has 90 valence electrons. The van der Waals surface area contributed by atoms with E-state index < -0.39 is 22.9 Å². The summed E-state index contributed by atoms with van der Waals surface area (Å²) in [4.78, 5) is 0. The van der Waals surface area contributed by atoms with E-state index in [9.17, 15) is 0 Å². The van der Waals surface area contributed by atoms with Crippen LogP contribution in [-0.4, -0.2) is 0 Å². The second-order valence-electron chi connectivity index (χ2n) is 5.11. The van der Waals surface area contributed by atoms with E-state index in [2.05, 4.69) is 60.7 Å². The van der Waals surface area contributed by atoms with E-state index in [1.54, 1.807) is 12.2 Å². The maximum absolute atomic E-state index is 2.38. The minimum absolute atomic E-state index is 0.822. The van der Waals surface area contributed by atoms with Gasteiger partial charge in [0.2, 0.25) is 0 Å². The molecule has 4 rings (SSSR count). The predicted octanol–water partition coefficient (Wildman–Crippen LogP) is 3.81. The topological polar surface area (TPSA) is 0 Å². The molecule has 2 aromatic carbocycles. The van der Waals surface area contributed by atoms with Crippen molar-refractivity contribution in [2.75, 3.05) is 0 Å². The summed E-state index contributed by atoms with van der Waals surface area (Å²) in [6, 6.07) is 15.8. The zero-order valence-electron chi connectivity index (χ0n) is 10.7. The van der Waals surface area contributed by atoms with Crippen LogP contribution in [0.5, 0.6) is 0 Å². The molecule has 0 aromatic heterocycles. The van der Waals surface area contributed by atoms with Crippen LogP contribution in [0.1, 0.15) is 17.5 Å². The monoisotopic (exact) mass is 410 g/mol. The Morgan fingerprint density at radius 3 is 2.68 bits per heavy atom. The van der Waals surface area contributed by atoms with Gasteiger partial charge in [-0.3, -0.25) is 0 Å². The molecule has 2 aliphatic carbocycles. The SMILES string of the molecule is C1=CC[C]([Hf][c]2cccc3c2Cc2ccccc2-3)=C1. The van der Waals surface area contributed by atoms with E-state index in [4.69, 9.17) is 0 Å². The zero-order chi connectivity index (χ0) is 12.7. The van der Waals surface area contributed by atoms with Gasteiger partial charge < -0.3 is 0 Å². The van der Waals surface area contributed by atoms with E-state index in [-0.39, 0.29) is 0 Å². The van der Waals surface area contributed by atoms with Crippen LogP contribution in [0, 0.1) is 0 Å². The third-order valence-electron chi connectivity index (χ3n) is 3.92. The van der Waals surface area contributed by atoms with Gasteiger partial charge in [0.15, 0.2) is 0 Å². The summed E-state index contributed by atoms with van der Waals surface area (Å²) in [5.74, 6) is 0. The molecule has 0 bridgehead atoms. The average Bonchev–Trinajstić information content (AvgIpc) is 3.06. The van der Waals surface area contributed by atoms with Gasteiger partial charge >= 0.3 is 125 Å². The van der Waals surface area contributed by atoms with Crippen molar-refractivity contribution >= 4 is 3.32 Å². The molecule has 2 aromatic rings. The minimum atomic E-state index is -0.822. The molecule has 2 aliphatic rings. The van der Waals surface area contributed by atoms with Gasteiger partial charge in [0.05, 0.1) is 0 Å². The van der Waals surface area contributed by atoms with E-state index in [1.165, 1.54) is 23.1 Å². The molecule has 0 N–H and O–H groups in total. The third kappa shape index (κ3) is 2.01. The van der Waals surface area contributed by atoms with Crippen molar-refractivity contribution < 1.29 is 22.9 Å². The summed E-state index contributed by atoms with van der Waals surface area (Å²) in [7, 11) is 0. The molecule has 0 amide bonds. The van der Waals surface area contributed by atoms with Gasteiger partial charge in [0.25, 0.3) is 0 Å². The number of hydrogen-bond acceptors (Lipinski definition) is 0. The molecule has 0 heterocycles. The molecule has 1 heteroatoms. The first kappa shape index (κ1) is 11.6. The molecule has 0 aliphatic heterocycles. The van der Waals surface area contributed by atoms with E-state index >= 15 is 0 Å². The Labute approximate surface area is 125 Å². The Kier molecular flexibility index (Phi) is 2.88. The summed E-state index contributed by atoms with van der Waals surface area (Å²) in [5.41, 5.74) is 6.08. The van der Waals surface area contributed by atoms with Crippen LogP contribution >= 0.6 is 0 Å². The number of benzene rings is 2. The fourth-order valence-corrected chi connectivity index (χ4v) is 7.65. The molecule has 0 radical (unpaired) electrons. The number of fused-ring (bicyclic) bond motifs is 3. The van der Waals surface area contributed by atoms with Crippen molar-refractivity contribution in [1.82, 2.24) is 0 Å². The predicted molar refractivity (Wildman–Crippen MR) is 76.2 cm³/mol. The van der Waals surface area contributed by atoms with Crippen molar-refractivity contribution in [1.29, 1.82) is 0 Å². The Morgan fingerprint density at radius 1 is 0.895 bits per heavy atom. The molecular weight excluding hydrogens is 395 g/mol. The first-order chi connectivity index (χ1) is 9.42. The average molecular weight is 409 g/mol. The molecule has 0 spiro atoms. The molecule has 0 unspecified atom stereocenters. The number of allylic oxidation sites excluding steroid dienone is 4. The van der Waals surface area contributed by atoms with Crippen molar-refractivity contribution in [2.24, 2.45) is 0 Å². The van der Waals surface area contributed by atoms with Crippen molar-refractivity contribution in [3.05, 3.63) is 75.1 Å². The second kappa shape index (κ2) is 4.72. The first-order valence-electron chi connectivity index (χ1n) is 6.75. The first-order valence-corrected chi connectivity index (χ1v) is 10.3. The molecule has 0 nitrogen and oxygen atoms in total. The molecule has 0 fully saturated rings. The zero-order valence-corrected chi connectivity index (χ0v) is 14.3. The van der Waals surface area contributed by atoms with Gasteiger partial charge in [0, 0.05) is 0 Å². The standard InChI is InChI=1S/C13H9.C5H5.Hf/c1-3-7-12-10(5-1)9-11-6-2-4-8-13(11)12;1-2-4-5-3-1;/h1-5,7-8H,9H2;1-3H,4H2;. The van der Waals surface area contributed by atoms with Crippen molar-refractivity contribution in [3.8, 4) is 11.1 Å². The Hall–Kier alpha value is -1.21. The van der Waals surface area contributed by atoms with Crippen molar-refractivity contribution in [3.63, 3.8) is 0 Å². The summed E-state index contributed by atoms with van der Waals surface area (Å²) in [6.45, 7) is 0. The maximum atomic E-state index is 2.38. The third-order valence-corrected chi connectivity index (χ3v) is 9.05. The van der Waals surface area contributed by atoms with Crippen LogP contribution in [-0.2, 0) is 29.3 Å². The van der Waals surface area contributed by atoms with E-state index in [1.807, 2.05) is 0 Å². The number of hydrogen-bond donors (Lipinski definition) is 0. The summed E-state index contributed by atoms with van der Waals surface area (Å²) < 4.78 is 3.42. The van der Waals surface area contributed by atoms with Gasteiger partial charge in [0.1, 0.15) is 0 Å². The summed E-state index contributed by atoms with van der Waals surface area (Å²) in [5, 5.41) is 0. The van der Waals surface area contributed by atoms with Crippen molar-refractivity contribution in [2.45, 2.75) is 12.8 Å². The molecule has 0 saturated carbocycles. The number of rotatable bonds is 2. The van der Waals surface area contributed by atoms with Gasteiger partial charge in [-0.25, -0.2) is 0 Å². The Bertz CT molecular complexity index is 707. The van der Waals surface area contributed by atoms with Gasteiger partial charge in [-0.2, -0.15) is 0 Å². The van der Waals surface area contributed by atoms with Crippen LogP contribution in [0.25, 0.3) is 11.1 Å². The van der Waals surface area contributed by atoms with Gasteiger partial charge in [-0.15, -0.1) is 0 Å². The van der Waals surface area contributed by atoms with Crippen LogP contribution in [0.4, 0.5) is 0 Å². The van der Waals surface area contributed by atoms with E-state index in [0.717, 1.165) is 6.42 Å². The molecule has 19 heavy (non-hydrogen) atoms. The fraction of sp³-hybridized carbons (Fsp3) is 0.111. The van der Waals surface area contributed by atoms with Crippen LogP contribution in [0.3, 0.4) is 0 Å². The van der Waals surface area contributed by atoms with Crippen LogP contribution < -0.4 is 3.32 Å².